The van der Waals surface area contributed by atoms with Crippen LogP contribution in [0.4, 0.5) is 0 Å². The molecule has 2 heterocycles. The fourth-order valence-electron chi connectivity index (χ4n) is 2.06. The van der Waals surface area contributed by atoms with Crippen molar-refractivity contribution in [3.05, 3.63) is 18.0 Å². The predicted octanol–water partition coefficient (Wildman–Crippen LogP) is -0.0592. The van der Waals surface area contributed by atoms with Crippen LogP contribution in [-0.2, 0) is 21.4 Å². The third-order valence-corrected chi connectivity index (χ3v) is 2.94. The largest absolute Gasteiger partial charge is 0.479 e. The summed E-state index contributed by atoms with van der Waals surface area (Å²) < 4.78 is 1.43. The molecule has 0 spiro atoms. The number of imide groups is 1. The van der Waals surface area contributed by atoms with E-state index in [1.807, 2.05) is 0 Å². The van der Waals surface area contributed by atoms with Gasteiger partial charge in [0.15, 0.2) is 6.04 Å². The second-order valence-corrected chi connectivity index (χ2v) is 4.40. The molecule has 1 aliphatic heterocycles. The monoisotopic (exact) mass is 251 g/mol. The molecular weight excluding hydrogens is 238 g/mol. The number of aromatic nitrogens is 2. The lowest BCUT2D eigenvalue weighted by Gasteiger charge is -2.21. The molecule has 7 nitrogen and oxygen atoms in total. The summed E-state index contributed by atoms with van der Waals surface area (Å²) in [6, 6.07) is -1.29. The Hall–Kier alpha value is -2.18. The van der Waals surface area contributed by atoms with Crippen LogP contribution < -0.4 is 0 Å². The van der Waals surface area contributed by atoms with E-state index in [1.54, 1.807) is 14.0 Å². The molecule has 1 N–H and O–H groups in total. The second-order valence-electron chi connectivity index (χ2n) is 4.40. The van der Waals surface area contributed by atoms with Crippen LogP contribution in [0.5, 0.6) is 0 Å². The number of likely N-dealkylation sites (tertiary alicyclic amines) is 1. The van der Waals surface area contributed by atoms with Crippen molar-refractivity contribution >= 4 is 17.8 Å². The molecule has 2 rings (SSSR count). The van der Waals surface area contributed by atoms with Crippen LogP contribution in [0.25, 0.3) is 0 Å². The van der Waals surface area contributed by atoms with Crippen molar-refractivity contribution in [1.29, 1.82) is 0 Å². The Kier molecular flexibility index (Phi) is 2.90. The van der Waals surface area contributed by atoms with Gasteiger partial charge in [-0.25, -0.2) is 4.79 Å². The van der Waals surface area contributed by atoms with Crippen molar-refractivity contribution in [1.82, 2.24) is 14.7 Å². The maximum atomic E-state index is 11.9. The number of hydrogen-bond donors (Lipinski definition) is 1. The van der Waals surface area contributed by atoms with Crippen molar-refractivity contribution in [2.24, 2.45) is 13.0 Å². The Bertz CT molecular complexity index is 522. The Morgan fingerprint density at radius 2 is 2.22 bits per heavy atom. The smallest absolute Gasteiger partial charge is 0.331 e. The van der Waals surface area contributed by atoms with Gasteiger partial charge in [0.05, 0.1) is 6.20 Å². The molecule has 1 saturated heterocycles. The maximum Gasteiger partial charge on any atom is 0.331 e. The van der Waals surface area contributed by atoms with Crippen LogP contribution in [0.2, 0.25) is 0 Å². The fraction of sp³-hybridized carbons (Fsp3) is 0.455. The average molecular weight is 251 g/mol. The molecule has 0 radical (unpaired) electrons. The van der Waals surface area contributed by atoms with Crippen LogP contribution >= 0.6 is 0 Å². The van der Waals surface area contributed by atoms with Gasteiger partial charge in [-0.15, -0.1) is 0 Å². The summed E-state index contributed by atoms with van der Waals surface area (Å²) >= 11 is 0. The van der Waals surface area contributed by atoms with Crippen molar-refractivity contribution in [3.8, 4) is 0 Å². The van der Waals surface area contributed by atoms with Crippen LogP contribution in [0.1, 0.15) is 24.9 Å². The standard InChI is InChI=1S/C11H13N3O4/c1-6-3-8(15)14(10(6)16)9(11(17)18)7-4-12-13(2)5-7/h4-6,9H,3H2,1-2H3,(H,17,18). The van der Waals surface area contributed by atoms with E-state index in [-0.39, 0.29) is 6.42 Å². The van der Waals surface area contributed by atoms with E-state index >= 15 is 0 Å². The van der Waals surface area contributed by atoms with E-state index in [0.717, 1.165) is 4.90 Å². The third-order valence-electron chi connectivity index (χ3n) is 2.94. The number of carboxylic acid groups (broad SMARTS) is 1. The molecule has 0 aromatic carbocycles. The van der Waals surface area contributed by atoms with E-state index in [4.69, 9.17) is 0 Å². The summed E-state index contributed by atoms with van der Waals surface area (Å²) in [5.74, 6) is -2.60. The first-order valence-corrected chi connectivity index (χ1v) is 5.49. The highest BCUT2D eigenvalue weighted by atomic mass is 16.4. The molecule has 1 aromatic heterocycles. The second kappa shape index (κ2) is 4.25. The minimum atomic E-state index is -1.29. The highest BCUT2D eigenvalue weighted by molar-refractivity contribution is 6.06. The molecule has 1 fully saturated rings. The highest BCUT2D eigenvalue weighted by Gasteiger charge is 2.44. The topological polar surface area (TPSA) is 92.5 Å². The lowest BCUT2D eigenvalue weighted by atomic mass is 10.1. The number of amides is 2. The average Bonchev–Trinajstić information content (AvgIpc) is 2.78. The Morgan fingerprint density at radius 3 is 2.61 bits per heavy atom. The zero-order chi connectivity index (χ0) is 13.4. The van der Waals surface area contributed by atoms with Gasteiger partial charge in [0, 0.05) is 31.1 Å². The highest BCUT2D eigenvalue weighted by Crippen LogP contribution is 2.29. The lowest BCUT2D eigenvalue weighted by molar-refractivity contribution is -0.155. The summed E-state index contributed by atoms with van der Waals surface area (Å²) in [5.41, 5.74) is 0.320. The van der Waals surface area contributed by atoms with Crippen molar-refractivity contribution in [3.63, 3.8) is 0 Å². The van der Waals surface area contributed by atoms with Gasteiger partial charge in [-0.2, -0.15) is 5.10 Å². The van der Waals surface area contributed by atoms with E-state index in [9.17, 15) is 19.5 Å². The van der Waals surface area contributed by atoms with Gasteiger partial charge in [0.25, 0.3) is 0 Å². The van der Waals surface area contributed by atoms with Gasteiger partial charge in [0.2, 0.25) is 11.8 Å². The number of carboxylic acids is 1. The molecule has 0 bridgehead atoms. The maximum absolute atomic E-state index is 11.9. The molecule has 0 aliphatic carbocycles. The summed E-state index contributed by atoms with van der Waals surface area (Å²) in [4.78, 5) is 35.7. The number of aliphatic carboxylic acids is 1. The molecule has 7 heteroatoms. The number of carbonyl (C=O) groups is 3. The number of rotatable bonds is 3. The van der Waals surface area contributed by atoms with Gasteiger partial charge in [-0.3, -0.25) is 19.2 Å². The van der Waals surface area contributed by atoms with Gasteiger partial charge < -0.3 is 5.11 Å². The summed E-state index contributed by atoms with van der Waals surface area (Å²) in [5, 5.41) is 13.1. The first-order valence-electron chi connectivity index (χ1n) is 5.49. The molecule has 2 atom stereocenters. The number of nitrogens with zero attached hydrogens (tertiary/aromatic N) is 3. The van der Waals surface area contributed by atoms with Crippen molar-refractivity contribution in [2.75, 3.05) is 0 Å². The van der Waals surface area contributed by atoms with Gasteiger partial charge >= 0.3 is 5.97 Å². The molecule has 1 aromatic rings. The van der Waals surface area contributed by atoms with Crippen LogP contribution in [0, 0.1) is 5.92 Å². The summed E-state index contributed by atoms with van der Waals surface area (Å²) in [7, 11) is 1.64. The predicted molar refractivity (Wildman–Crippen MR) is 59.2 cm³/mol. The van der Waals surface area contributed by atoms with Crippen LogP contribution in [0.3, 0.4) is 0 Å². The minimum Gasteiger partial charge on any atom is -0.479 e. The van der Waals surface area contributed by atoms with Crippen molar-refractivity contribution in [2.45, 2.75) is 19.4 Å². The van der Waals surface area contributed by atoms with E-state index < -0.39 is 29.7 Å². The zero-order valence-corrected chi connectivity index (χ0v) is 10.0. The fourth-order valence-corrected chi connectivity index (χ4v) is 2.06. The van der Waals surface area contributed by atoms with Gasteiger partial charge in [-0.1, -0.05) is 6.92 Å². The number of aryl methyl sites for hydroxylation is 1. The molecule has 0 saturated carbocycles. The SMILES string of the molecule is CC1CC(=O)N(C(C(=O)O)c2cnn(C)c2)C1=O. The van der Waals surface area contributed by atoms with E-state index in [0.29, 0.717) is 5.56 Å². The first-order chi connectivity index (χ1) is 8.41. The first kappa shape index (κ1) is 12.3. The number of hydrogen-bond acceptors (Lipinski definition) is 4. The molecular formula is C11H13N3O4. The Labute approximate surface area is 103 Å². The molecule has 18 heavy (non-hydrogen) atoms. The molecule has 2 amide bonds. The molecule has 96 valence electrons. The van der Waals surface area contributed by atoms with Gasteiger partial charge in [0.1, 0.15) is 0 Å². The minimum absolute atomic E-state index is 0.0584. The van der Waals surface area contributed by atoms with E-state index in [2.05, 4.69) is 5.10 Å². The van der Waals surface area contributed by atoms with E-state index in [1.165, 1.54) is 17.1 Å². The zero-order valence-electron chi connectivity index (χ0n) is 10.0. The normalized spacial score (nSPS) is 21.4. The quantitative estimate of drug-likeness (QED) is 0.760. The summed E-state index contributed by atoms with van der Waals surface area (Å²) in [6.45, 7) is 1.61. The molecule has 2 unspecified atom stereocenters. The molecule has 1 aliphatic rings. The van der Waals surface area contributed by atoms with Crippen molar-refractivity contribution < 1.29 is 19.5 Å². The van der Waals surface area contributed by atoms with Gasteiger partial charge in [-0.05, 0) is 0 Å². The number of carbonyl (C=O) groups excluding carboxylic acids is 2. The third kappa shape index (κ3) is 1.87. The Balaban J connectivity index is 2.40. The lowest BCUT2D eigenvalue weighted by Crippen LogP contribution is -2.38. The van der Waals surface area contributed by atoms with Crippen LogP contribution in [0.15, 0.2) is 12.4 Å². The summed E-state index contributed by atoms with van der Waals surface area (Å²) in [6.07, 6.45) is 2.90. The van der Waals surface area contributed by atoms with Crippen LogP contribution in [-0.4, -0.2) is 37.6 Å². The Morgan fingerprint density at radius 1 is 1.56 bits per heavy atom.